The van der Waals surface area contributed by atoms with Crippen LogP contribution in [0.4, 0.5) is 0 Å². The van der Waals surface area contributed by atoms with Gasteiger partial charge in [0.2, 0.25) is 0 Å². The molecule has 0 spiro atoms. The van der Waals surface area contributed by atoms with E-state index in [0.717, 1.165) is 5.56 Å². The Morgan fingerprint density at radius 1 is 1.38 bits per heavy atom. The van der Waals surface area contributed by atoms with Gasteiger partial charge in [0.1, 0.15) is 6.10 Å². The first-order valence-corrected chi connectivity index (χ1v) is 5.41. The zero-order chi connectivity index (χ0) is 11.2. The number of hydroxylamine groups is 1. The Labute approximate surface area is 93.5 Å². The van der Waals surface area contributed by atoms with Gasteiger partial charge < -0.3 is 4.74 Å². The summed E-state index contributed by atoms with van der Waals surface area (Å²) in [7, 11) is 0. The number of rotatable bonds is 1. The fraction of sp³-hybridized carbons (Fsp3) is 0.417. The molecule has 2 fully saturated rings. The largest absolute Gasteiger partial charge is 0.460 e. The van der Waals surface area contributed by atoms with Crippen molar-refractivity contribution >= 4 is 5.97 Å². The lowest BCUT2D eigenvalue weighted by Crippen LogP contribution is -2.45. The molecule has 0 saturated carbocycles. The summed E-state index contributed by atoms with van der Waals surface area (Å²) in [5.41, 5.74) is 2.96. The molecule has 2 heterocycles. The van der Waals surface area contributed by atoms with Gasteiger partial charge in [-0.1, -0.05) is 30.3 Å². The molecule has 84 valence electrons. The van der Waals surface area contributed by atoms with Crippen molar-refractivity contribution in [1.82, 2.24) is 5.48 Å². The van der Waals surface area contributed by atoms with Gasteiger partial charge >= 0.3 is 5.97 Å². The second-order valence-electron chi connectivity index (χ2n) is 4.30. The molecule has 2 saturated heterocycles. The topological polar surface area (TPSA) is 47.6 Å². The number of cyclic esters (lactones) is 1. The second kappa shape index (κ2) is 3.30. The molecule has 0 bridgehead atoms. The van der Waals surface area contributed by atoms with Gasteiger partial charge in [-0.05, 0) is 12.5 Å². The summed E-state index contributed by atoms with van der Waals surface area (Å²) in [6.07, 6.45) is -0.109. The van der Waals surface area contributed by atoms with Crippen LogP contribution >= 0.6 is 0 Å². The highest BCUT2D eigenvalue weighted by Gasteiger charge is 2.60. The molecule has 0 amide bonds. The number of hydrogen-bond donors (Lipinski definition) is 1. The second-order valence-corrected chi connectivity index (χ2v) is 4.30. The fourth-order valence-corrected chi connectivity index (χ4v) is 2.56. The molecule has 1 N–H and O–H groups in total. The Morgan fingerprint density at radius 2 is 2.12 bits per heavy atom. The molecule has 3 atom stereocenters. The third kappa shape index (κ3) is 1.08. The van der Waals surface area contributed by atoms with Crippen molar-refractivity contribution in [3.05, 3.63) is 35.9 Å². The summed E-state index contributed by atoms with van der Waals surface area (Å²) in [5.74, 6) is -0.198. The molecule has 2 unspecified atom stereocenters. The van der Waals surface area contributed by atoms with Gasteiger partial charge in [-0.2, -0.15) is 5.48 Å². The van der Waals surface area contributed by atoms with Gasteiger partial charge in [0.05, 0.1) is 12.5 Å². The van der Waals surface area contributed by atoms with E-state index in [1.54, 1.807) is 0 Å². The van der Waals surface area contributed by atoms with Gasteiger partial charge in [-0.15, -0.1) is 0 Å². The van der Waals surface area contributed by atoms with Crippen LogP contribution < -0.4 is 5.48 Å². The van der Waals surface area contributed by atoms with E-state index in [1.807, 2.05) is 37.3 Å². The van der Waals surface area contributed by atoms with Crippen LogP contribution in [-0.4, -0.2) is 18.7 Å². The number of benzene rings is 1. The first-order chi connectivity index (χ1) is 7.75. The van der Waals surface area contributed by atoms with Crippen LogP contribution in [0.25, 0.3) is 0 Å². The predicted octanol–water partition coefficient (Wildman–Crippen LogP) is 0.978. The van der Waals surface area contributed by atoms with Gasteiger partial charge in [0.25, 0.3) is 0 Å². The summed E-state index contributed by atoms with van der Waals surface area (Å²) in [4.78, 5) is 17.3. The van der Waals surface area contributed by atoms with Crippen LogP contribution in [0, 0.1) is 5.92 Å². The van der Waals surface area contributed by atoms with Crippen LogP contribution in [0.15, 0.2) is 30.3 Å². The SMILES string of the molecule is CC1OC(=O)[C@]2(c3ccccc3)NOCC12. The summed E-state index contributed by atoms with van der Waals surface area (Å²) in [6, 6.07) is 9.60. The maximum atomic E-state index is 12.0. The summed E-state index contributed by atoms with van der Waals surface area (Å²) < 4.78 is 5.30. The molecule has 4 nitrogen and oxygen atoms in total. The highest BCUT2D eigenvalue weighted by Crippen LogP contribution is 2.43. The molecular weight excluding hydrogens is 206 g/mol. The summed E-state index contributed by atoms with van der Waals surface area (Å²) in [5, 5.41) is 0. The van der Waals surface area contributed by atoms with E-state index in [1.165, 1.54) is 0 Å². The van der Waals surface area contributed by atoms with Crippen molar-refractivity contribution in [3.63, 3.8) is 0 Å². The highest BCUT2D eigenvalue weighted by atomic mass is 16.7. The molecule has 0 aromatic heterocycles. The van der Waals surface area contributed by atoms with Gasteiger partial charge in [-0.3, -0.25) is 4.84 Å². The Balaban J connectivity index is 2.12. The first kappa shape index (κ1) is 9.81. The number of fused-ring (bicyclic) bond motifs is 1. The maximum absolute atomic E-state index is 12.0. The smallest absolute Gasteiger partial charge is 0.334 e. The molecule has 0 radical (unpaired) electrons. The number of carbonyl (C=O) groups is 1. The summed E-state index contributed by atoms with van der Waals surface area (Å²) in [6.45, 7) is 2.41. The molecular formula is C12H13NO3. The first-order valence-electron chi connectivity index (χ1n) is 5.41. The Hall–Kier alpha value is -1.39. The minimum Gasteiger partial charge on any atom is -0.460 e. The van der Waals surface area contributed by atoms with Crippen molar-refractivity contribution < 1.29 is 14.4 Å². The van der Waals surface area contributed by atoms with E-state index in [-0.39, 0.29) is 18.0 Å². The number of hydrogen-bond acceptors (Lipinski definition) is 4. The molecule has 1 aromatic carbocycles. The highest BCUT2D eigenvalue weighted by molar-refractivity contribution is 5.85. The minimum absolute atomic E-state index is 0.0439. The maximum Gasteiger partial charge on any atom is 0.334 e. The van der Waals surface area contributed by atoms with Crippen molar-refractivity contribution in [2.75, 3.05) is 6.61 Å². The molecule has 2 aliphatic heterocycles. The van der Waals surface area contributed by atoms with E-state index in [9.17, 15) is 4.79 Å². The van der Waals surface area contributed by atoms with E-state index in [0.29, 0.717) is 6.61 Å². The minimum atomic E-state index is -0.805. The average molecular weight is 219 g/mol. The molecule has 16 heavy (non-hydrogen) atoms. The van der Waals surface area contributed by atoms with Crippen molar-refractivity contribution in [2.24, 2.45) is 5.92 Å². The standard InChI is InChI=1S/C12H13NO3/c1-8-10-7-15-13-12(10,11(14)16-8)9-5-3-2-4-6-9/h2-6,8,10,13H,7H2,1H3/t8?,10?,12-/m1/s1. The lowest BCUT2D eigenvalue weighted by molar-refractivity contribution is -0.150. The number of carbonyl (C=O) groups excluding carboxylic acids is 1. The van der Waals surface area contributed by atoms with Gasteiger partial charge in [0, 0.05) is 0 Å². The number of ether oxygens (including phenoxy) is 1. The van der Waals surface area contributed by atoms with E-state index in [4.69, 9.17) is 9.57 Å². The van der Waals surface area contributed by atoms with Crippen LogP contribution in [0.5, 0.6) is 0 Å². The molecule has 4 heteroatoms. The Bertz CT molecular complexity index is 420. The quantitative estimate of drug-likeness (QED) is 0.715. The Morgan fingerprint density at radius 3 is 2.88 bits per heavy atom. The number of esters is 1. The van der Waals surface area contributed by atoms with Crippen molar-refractivity contribution in [2.45, 2.75) is 18.6 Å². The molecule has 0 aliphatic carbocycles. The van der Waals surface area contributed by atoms with Crippen molar-refractivity contribution in [1.29, 1.82) is 0 Å². The third-order valence-corrected chi connectivity index (χ3v) is 3.46. The average Bonchev–Trinajstić information content (AvgIpc) is 2.83. The van der Waals surface area contributed by atoms with Crippen LogP contribution in [-0.2, 0) is 19.9 Å². The molecule has 2 aliphatic rings. The van der Waals surface area contributed by atoms with Gasteiger partial charge in [0.15, 0.2) is 5.54 Å². The zero-order valence-corrected chi connectivity index (χ0v) is 8.97. The van der Waals surface area contributed by atoms with E-state index >= 15 is 0 Å². The molecule has 3 rings (SSSR count). The summed E-state index contributed by atoms with van der Waals surface area (Å²) >= 11 is 0. The lowest BCUT2D eigenvalue weighted by atomic mass is 9.79. The number of nitrogens with one attached hydrogen (secondary N) is 1. The van der Waals surface area contributed by atoms with Crippen LogP contribution in [0.1, 0.15) is 12.5 Å². The Kier molecular flexibility index (Phi) is 2.02. The van der Waals surface area contributed by atoms with E-state index < -0.39 is 5.54 Å². The fourth-order valence-electron chi connectivity index (χ4n) is 2.56. The molecule has 1 aromatic rings. The lowest BCUT2D eigenvalue weighted by Gasteiger charge is -2.23. The van der Waals surface area contributed by atoms with Crippen LogP contribution in [0.3, 0.4) is 0 Å². The van der Waals surface area contributed by atoms with Crippen LogP contribution in [0.2, 0.25) is 0 Å². The third-order valence-electron chi connectivity index (χ3n) is 3.46. The van der Waals surface area contributed by atoms with E-state index in [2.05, 4.69) is 5.48 Å². The monoisotopic (exact) mass is 219 g/mol. The normalized spacial score (nSPS) is 37.2. The van der Waals surface area contributed by atoms with Gasteiger partial charge in [-0.25, -0.2) is 4.79 Å². The van der Waals surface area contributed by atoms with Crippen molar-refractivity contribution in [3.8, 4) is 0 Å². The predicted molar refractivity (Wildman–Crippen MR) is 56.3 cm³/mol. The zero-order valence-electron chi connectivity index (χ0n) is 8.97.